The second kappa shape index (κ2) is 10.2. The summed E-state index contributed by atoms with van der Waals surface area (Å²) >= 11 is 0. The van der Waals surface area contributed by atoms with E-state index in [2.05, 4.69) is 35.7 Å². The predicted molar refractivity (Wildman–Crippen MR) is 148 cm³/mol. The van der Waals surface area contributed by atoms with E-state index in [0.717, 1.165) is 22.6 Å². The minimum Gasteiger partial charge on any atom is -0.390 e. The van der Waals surface area contributed by atoms with E-state index in [1.807, 2.05) is 13.0 Å². The van der Waals surface area contributed by atoms with E-state index < -0.39 is 21.6 Å². The summed E-state index contributed by atoms with van der Waals surface area (Å²) in [6.07, 6.45) is 10.3. The lowest BCUT2D eigenvalue weighted by atomic mass is 9.83. The summed E-state index contributed by atoms with van der Waals surface area (Å²) in [5, 5.41) is 20.7. The molecule has 0 atom stereocenters. The van der Waals surface area contributed by atoms with Crippen molar-refractivity contribution in [2.45, 2.75) is 62.3 Å². The standard InChI is InChI=1S/C27H29FN8O3S/c1-27(37)10-7-18(8-11-27)32-22-13-25(30-15-20(22)21-3-2-4-23(28)33-21)34-24-9-12-29-26(35-24)17-14-31-36(16-17)40(38,39)19-5-6-19/h2-4,9,12-16,18-19,37H,5-8,10-11H2,1H3,(H2,29,30,32,34,35). The van der Waals surface area contributed by atoms with Gasteiger partial charge < -0.3 is 15.7 Å². The number of aliphatic hydroxyl groups is 1. The third kappa shape index (κ3) is 5.65. The first kappa shape index (κ1) is 26.3. The SMILES string of the molecule is CC1(O)CCC(Nc2cc(Nc3ccnc(-c4cnn(S(=O)(=O)C5CC5)c4)n3)ncc2-c2cccc(F)n2)CC1. The number of hydrogen-bond acceptors (Lipinski definition) is 10. The van der Waals surface area contributed by atoms with E-state index in [4.69, 9.17) is 0 Å². The van der Waals surface area contributed by atoms with Crippen LogP contribution in [0.2, 0.25) is 0 Å². The van der Waals surface area contributed by atoms with Gasteiger partial charge in [-0.05, 0) is 63.6 Å². The molecule has 0 aliphatic heterocycles. The zero-order valence-electron chi connectivity index (χ0n) is 21.8. The van der Waals surface area contributed by atoms with Crippen molar-refractivity contribution in [3.8, 4) is 22.6 Å². The van der Waals surface area contributed by atoms with Gasteiger partial charge in [0.15, 0.2) is 5.82 Å². The highest BCUT2D eigenvalue weighted by molar-refractivity contribution is 7.90. The molecule has 6 rings (SSSR count). The van der Waals surface area contributed by atoms with E-state index in [9.17, 15) is 17.9 Å². The number of pyridine rings is 2. The van der Waals surface area contributed by atoms with Gasteiger partial charge in [0.2, 0.25) is 5.95 Å². The fourth-order valence-electron chi connectivity index (χ4n) is 4.79. The highest BCUT2D eigenvalue weighted by atomic mass is 32.2. The predicted octanol–water partition coefficient (Wildman–Crippen LogP) is 4.13. The highest BCUT2D eigenvalue weighted by Crippen LogP contribution is 2.34. The lowest BCUT2D eigenvalue weighted by molar-refractivity contribution is 0.0196. The Morgan fingerprint density at radius 3 is 2.60 bits per heavy atom. The van der Waals surface area contributed by atoms with Gasteiger partial charge in [-0.25, -0.2) is 28.4 Å². The van der Waals surface area contributed by atoms with E-state index in [1.54, 1.807) is 30.6 Å². The van der Waals surface area contributed by atoms with Gasteiger partial charge in [0, 0.05) is 35.8 Å². The molecular formula is C27H29FN8O3S. The minimum absolute atomic E-state index is 0.122. The van der Waals surface area contributed by atoms with Crippen LogP contribution in [0.4, 0.5) is 21.7 Å². The summed E-state index contributed by atoms with van der Waals surface area (Å²) in [5.41, 5.74) is 1.63. The highest BCUT2D eigenvalue weighted by Gasteiger charge is 2.37. The van der Waals surface area contributed by atoms with Crippen LogP contribution in [0.25, 0.3) is 22.6 Å². The molecule has 4 heterocycles. The Balaban J connectivity index is 1.26. The number of nitrogens with zero attached hydrogens (tertiary/aromatic N) is 6. The van der Waals surface area contributed by atoms with Crippen molar-refractivity contribution in [1.29, 1.82) is 0 Å². The van der Waals surface area contributed by atoms with Crippen molar-refractivity contribution in [2.24, 2.45) is 0 Å². The van der Waals surface area contributed by atoms with E-state index >= 15 is 0 Å². The van der Waals surface area contributed by atoms with E-state index in [1.165, 1.54) is 18.5 Å². The molecule has 2 aliphatic rings. The first-order chi connectivity index (χ1) is 19.2. The fraction of sp³-hybridized carbons (Fsp3) is 0.370. The lowest BCUT2D eigenvalue weighted by Gasteiger charge is -2.34. The number of nitrogens with one attached hydrogen (secondary N) is 2. The Labute approximate surface area is 231 Å². The van der Waals surface area contributed by atoms with Gasteiger partial charge in [-0.15, -0.1) is 0 Å². The lowest BCUT2D eigenvalue weighted by Crippen LogP contribution is -2.35. The third-order valence-corrected chi connectivity index (χ3v) is 9.29. The molecule has 0 saturated heterocycles. The molecule has 4 aromatic heterocycles. The molecule has 208 valence electrons. The van der Waals surface area contributed by atoms with Crippen molar-refractivity contribution in [1.82, 2.24) is 29.1 Å². The molecule has 0 aromatic carbocycles. The molecule has 0 unspecified atom stereocenters. The quantitative estimate of drug-likeness (QED) is 0.267. The van der Waals surface area contributed by atoms with Crippen LogP contribution in [-0.4, -0.2) is 59.5 Å². The maximum atomic E-state index is 13.9. The third-order valence-electron chi connectivity index (χ3n) is 7.25. The monoisotopic (exact) mass is 564 g/mol. The first-order valence-corrected chi connectivity index (χ1v) is 14.7. The van der Waals surface area contributed by atoms with Crippen LogP contribution in [0.15, 0.2) is 55.1 Å². The van der Waals surface area contributed by atoms with E-state index in [0.29, 0.717) is 60.0 Å². The fourth-order valence-corrected chi connectivity index (χ4v) is 6.26. The van der Waals surface area contributed by atoms with Gasteiger partial charge in [0.05, 0.1) is 34.5 Å². The average Bonchev–Trinajstić information content (AvgIpc) is 3.67. The maximum absolute atomic E-state index is 13.9. The zero-order chi connectivity index (χ0) is 27.9. The molecule has 0 spiro atoms. The van der Waals surface area contributed by atoms with Gasteiger partial charge in [-0.3, -0.25) is 0 Å². The van der Waals surface area contributed by atoms with Crippen molar-refractivity contribution in [3.63, 3.8) is 0 Å². The second-order valence-corrected chi connectivity index (χ2v) is 12.7. The Morgan fingerprint density at radius 2 is 1.85 bits per heavy atom. The zero-order valence-corrected chi connectivity index (χ0v) is 22.6. The van der Waals surface area contributed by atoms with Gasteiger partial charge in [0.1, 0.15) is 11.6 Å². The van der Waals surface area contributed by atoms with Crippen LogP contribution in [0.5, 0.6) is 0 Å². The smallest absolute Gasteiger partial charge is 0.256 e. The summed E-state index contributed by atoms with van der Waals surface area (Å²) < 4.78 is 39.9. The number of anilines is 3. The van der Waals surface area contributed by atoms with Crippen LogP contribution in [0.1, 0.15) is 45.4 Å². The van der Waals surface area contributed by atoms with Crippen LogP contribution in [0.3, 0.4) is 0 Å². The van der Waals surface area contributed by atoms with Crippen molar-refractivity contribution in [2.75, 3.05) is 10.6 Å². The van der Waals surface area contributed by atoms with Crippen molar-refractivity contribution in [3.05, 3.63) is 61.1 Å². The summed E-state index contributed by atoms with van der Waals surface area (Å²) in [6.45, 7) is 1.85. The Hall–Kier alpha value is -3.97. The molecule has 13 heteroatoms. The normalized spacial score (nSPS) is 21.2. The maximum Gasteiger partial charge on any atom is 0.256 e. The number of rotatable bonds is 8. The molecule has 0 amide bonds. The summed E-state index contributed by atoms with van der Waals surface area (Å²) in [5.74, 6) is 0.672. The summed E-state index contributed by atoms with van der Waals surface area (Å²) in [7, 11) is -3.49. The molecule has 11 nitrogen and oxygen atoms in total. The largest absolute Gasteiger partial charge is 0.390 e. The summed E-state index contributed by atoms with van der Waals surface area (Å²) in [4.78, 5) is 17.4. The van der Waals surface area contributed by atoms with Crippen LogP contribution in [-0.2, 0) is 10.0 Å². The van der Waals surface area contributed by atoms with Crippen LogP contribution < -0.4 is 10.6 Å². The minimum atomic E-state index is -3.49. The van der Waals surface area contributed by atoms with Gasteiger partial charge in [0.25, 0.3) is 10.0 Å². The van der Waals surface area contributed by atoms with Crippen molar-refractivity contribution < 1.29 is 17.9 Å². The van der Waals surface area contributed by atoms with E-state index in [-0.39, 0.29) is 11.3 Å². The molecule has 2 saturated carbocycles. The average molecular weight is 565 g/mol. The van der Waals surface area contributed by atoms with Crippen LogP contribution in [0, 0.1) is 5.95 Å². The molecule has 2 aliphatic carbocycles. The second-order valence-electron chi connectivity index (χ2n) is 10.6. The van der Waals surface area contributed by atoms with Gasteiger partial charge >= 0.3 is 0 Å². The Bertz CT molecular complexity index is 1640. The molecule has 3 N–H and O–H groups in total. The molecule has 0 bridgehead atoms. The van der Waals surface area contributed by atoms with Gasteiger partial charge in [-0.2, -0.15) is 13.6 Å². The Morgan fingerprint density at radius 1 is 1.05 bits per heavy atom. The van der Waals surface area contributed by atoms with Gasteiger partial charge in [-0.1, -0.05) is 6.07 Å². The first-order valence-electron chi connectivity index (χ1n) is 13.2. The molecular weight excluding hydrogens is 535 g/mol. The molecule has 2 fully saturated rings. The topological polar surface area (TPSA) is 148 Å². The number of halogens is 1. The summed E-state index contributed by atoms with van der Waals surface area (Å²) in [6, 6.07) is 8.24. The van der Waals surface area contributed by atoms with Crippen molar-refractivity contribution >= 4 is 27.3 Å². The molecule has 4 aromatic rings. The Kier molecular flexibility index (Phi) is 6.70. The number of hydrogen-bond donors (Lipinski definition) is 3. The molecule has 40 heavy (non-hydrogen) atoms. The molecule has 0 radical (unpaired) electrons. The van der Waals surface area contributed by atoms with Crippen LogP contribution >= 0.6 is 0 Å². The number of aromatic nitrogens is 6.